The van der Waals surface area contributed by atoms with Crippen LogP contribution in [0.15, 0.2) is 24.3 Å². The fraction of sp³-hybridized carbons (Fsp3) is 0.400. The molecule has 0 spiro atoms. The first-order valence-electron chi connectivity index (χ1n) is 4.15. The maximum Gasteiger partial charge on any atom is 0.0361 e. The minimum Gasteiger partial charge on any atom is -0.378 e. The molecule has 1 N–H and O–H groups in total. The molecule has 0 radical (unpaired) electrons. The summed E-state index contributed by atoms with van der Waals surface area (Å²) in [5.74, 6) is 0. The molecule has 0 saturated heterocycles. The van der Waals surface area contributed by atoms with Crippen LogP contribution >= 0.6 is 0 Å². The number of nitrogens with one attached hydrogen (secondary N) is 1. The van der Waals surface area contributed by atoms with Gasteiger partial charge in [-0.15, -0.1) is 0 Å². The molecular formula is C10H16N2. The molecule has 0 unspecified atom stereocenters. The van der Waals surface area contributed by atoms with Crippen molar-refractivity contribution in [2.75, 3.05) is 26.0 Å². The molecule has 1 aromatic carbocycles. The topological polar surface area (TPSA) is 15.3 Å². The first kappa shape index (κ1) is 9.07. The molecule has 0 aliphatic carbocycles. The van der Waals surface area contributed by atoms with Crippen LogP contribution < -0.4 is 10.2 Å². The molecular weight excluding hydrogens is 148 g/mol. The predicted molar refractivity (Wildman–Crippen MR) is 53.5 cm³/mol. The maximum absolute atomic E-state index is 3.12. The van der Waals surface area contributed by atoms with Crippen LogP contribution in [0.25, 0.3) is 0 Å². The number of hydrogen-bond donors (Lipinski definition) is 1. The molecule has 66 valence electrons. The van der Waals surface area contributed by atoms with Crippen molar-refractivity contribution in [2.24, 2.45) is 0 Å². The lowest BCUT2D eigenvalue weighted by atomic mass is 10.2. The van der Waals surface area contributed by atoms with Crippen molar-refractivity contribution in [2.45, 2.75) is 6.54 Å². The minimum atomic E-state index is 0.938. The summed E-state index contributed by atoms with van der Waals surface area (Å²) < 4.78 is 0. The number of nitrogens with zero attached hydrogens (tertiary/aromatic N) is 1. The van der Waals surface area contributed by atoms with Gasteiger partial charge in [-0.05, 0) is 24.7 Å². The first-order valence-corrected chi connectivity index (χ1v) is 4.15. The van der Waals surface area contributed by atoms with E-state index in [1.165, 1.54) is 11.3 Å². The van der Waals surface area contributed by atoms with Gasteiger partial charge in [0.25, 0.3) is 0 Å². The van der Waals surface area contributed by atoms with Gasteiger partial charge in [-0.2, -0.15) is 0 Å². The molecule has 1 rings (SSSR count). The van der Waals surface area contributed by atoms with Gasteiger partial charge in [0.15, 0.2) is 0 Å². The van der Waals surface area contributed by atoms with Crippen molar-refractivity contribution in [3.05, 3.63) is 29.8 Å². The molecule has 0 aliphatic heterocycles. The van der Waals surface area contributed by atoms with Crippen LogP contribution in [0.4, 0.5) is 5.69 Å². The van der Waals surface area contributed by atoms with Gasteiger partial charge in [0, 0.05) is 26.3 Å². The third-order valence-electron chi connectivity index (χ3n) is 1.83. The Bertz CT molecular complexity index is 226. The molecule has 1 aromatic rings. The average Bonchev–Trinajstić information content (AvgIpc) is 2.06. The summed E-state index contributed by atoms with van der Waals surface area (Å²) in [6.45, 7) is 0.938. The molecule has 12 heavy (non-hydrogen) atoms. The fourth-order valence-corrected chi connectivity index (χ4v) is 1.12. The van der Waals surface area contributed by atoms with Crippen molar-refractivity contribution in [3.8, 4) is 0 Å². The fourth-order valence-electron chi connectivity index (χ4n) is 1.12. The molecule has 2 nitrogen and oxygen atoms in total. The second kappa shape index (κ2) is 4.12. The van der Waals surface area contributed by atoms with E-state index >= 15 is 0 Å². The van der Waals surface area contributed by atoms with E-state index in [9.17, 15) is 0 Å². The first-order chi connectivity index (χ1) is 5.74. The van der Waals surface area contributed by atoms with Gasteiger partial charge in [0.1, 0.15) is 0 Å². The standard InChI is InChI=1S/C10H16N2/c1-11-8-9-4-6-10(7-5-9)12(2)3/h4-7,11H,8H2,1-3H3. The molecule has 0 bridgehead atoms. The molecule has 2 heteroatoms. The van der Waals surface area contributed by atoms with Crippen LogP contribution in [-0.2, 0) is 6.54 Å². The van der Waals surface area contributed by atoms with Gasteiger partial charge in [-0.25, -0.2) is 0 Å². The molecule has 0 heterocycles. The van der Waals surface area contributed by atoms with Gasteiger partial charge in [0.2, 0.25) is 0 Å². The highest BCUT2D eigenvalue weighted by Crippen LogP contribution is 2.11. The Kier molecular flexibility index (Phi) is 3.11. The van der Waals surface area contributed by atoms with Gasteiger partial charge in [0.05, 0.1) is 0 Å². The highest BCUT2D eigenvalue weighted by molar-refractivity contribution is 5.45. The van der Waals surface area contributed by atoms with Crippen LogP contribution in [0.1, 0.15) is 5.56 Å². The van der Waals surface area contributed by atoms with E-state index in [1.54, 1.807) is 0 Å². The summed E-state index contributed by atoms with van der Waals surface area (Å²) in [5.41, 5.74) is 2.57. The van der Waals surface area contributed by atoms with E-state index in [0.717, 1.165) is 6.54 Å². The molecule has 0 atom stereocenters. The summed E-state index contributed by atoms with van der Waals surface area (Å²) in [5, 5.41) is 3.12. The lowest BCUT2D eigenvalue weighted by Gasteiger charge is -2.12. The average molecular weight is 164 g/mol. The Morgan fingerprint density at radius 3 is 2.17 bits per heavy atom. The zero-order valence-corrected chi connectivity index (χ0v) is 7.96. The number of benzene rings is 1. The zero-order chi connectivity index (χ0) is 8.97. The molecule has 0 aromatic heterocycles. The quantitative estimate of drug-likeness (QED) is 0.727. The van der Waals surface area contributed by atoms with Crippen LogP contribution in [0.2, 0.25) is 0 Å². The van der Waals surface area contributed by atoms with Crippen LogP contribution in [0, 0.1) is 0 Å². The number of anilines is 1. The van der Waals surface area contributed by atoms with Crippen molar-refractivity contribution < 1.29 is 0 Å². The summed E-state index contributed by atoms with van der Waals surface area (Å²) in [6.07, 6.45) is 0. The number of hydrogen-bond acceptors (Lipinski definition) is 2. The third-order valence-corrected chi connectivity index (χ3v) is 1.83. The van der Waals surface area contributed by atoms with Crippen molar-refractivity contribution in [1.82, 2.24) is 5.32 Å². The smallest absolute Gasteiger partial charge is 0.0361 e. The van der Waals surface area contributed by atoms with Gasteiger partial charge in [-0.1, -0.05) is 12.1 Å². The molecule has 0 aliphatic rings. The molecule has 0 fully saturated rings. The van der Waals surface area contributed by atoms with E-state index < -0.39 is 0 Å². The van der Waals surface area contributed by atoms with Crippen LogP contribution in [0.5, 0.6) is 0 Å². The van der Waals surface area contributed by atoms with E-state index in [0.29, 0.717) is 0 Å². The molecule has 0 amide bonds. The summed E-state index contributed by atoms with van der Waals surface area (Å²) >= 11 is 0. The van der Waals surface area contributed by atoms with Crippen molar-refractivity contribution in [1.29, 1.82) is 0 Å². The van der Waals surface area contributed by atoms with Crippen molar-refractivity contribution in [3.63, 3.8) is 0 Å². The van der Waals surface area contributed by atoms with E-state index in [1.807, 2.05) is 21.1 Å². The van der Waals surface area contributed by atoms with Crippen LogP contribution in [0.3, 0.4) is 0 Å². The lowest BCUT2D eigenvalue weighted by molar-refractivity contribution is 0.818. The second-order valence-electron chi connectivity index (χ2n) is 3.09. The Morgan fingerprint density at radius 2 is 1.75 bits per heavy atom. The lowest BCUT2D eigenvalue weighted by Crippen LogP contribution is -2.09. The predicted octanol–water partition coefficient (Wildman–Crippen LogP) is 1.47. The van der Waals surface area contributed by atoms with E-state index in [-0.39, 0.29) is 0 Å². The van der Waals surface area contributed by atoms with Gasteiger partial charge < -0.3 is 10.2 Å². The van der Waals surface area contributed by atoms with Gasteiger partial charge in [-0.3, -0.25) is 0 Å². The Morgan fingerprint density at radius 1 is 1.17 bits per heavy atom. The van der Waals surface area contributed by atoms with Crippen LogP contribution in [-0.4, -0.2) is 21.1 Å². The maximum atomic E-state index is 3.12. The Balaban J connectivity index is 2.71. The Hall–Kier alpha value is -1.02. The summed E-state index contributed by atoms with van der Waals surface area (Å²) in [4.78, 5) is 2.10. The van der Waals surface area contributed by atoms with Crippen molar-refractivity contribution >= 4 is 5.69 Å². The second-order valence-corrected chi connectivity index (χ2v) is 3.09. The number of rotatable bonds is 3. The van der Waals surface area contributed by atoms with E-state index in [4.69, 9.17) is 0 Å². The molecule has 0 saturated carbocycles. The minimum absolute atomic E-state index is 0.938. The monoisotopic (exact) mass is 164 g/mol. The highest BCUT2D eigenvalue weighted by Gasteiger charge is 1.94. The Labute approximate surface area is 74.2 Å². The highest BCUT2D eigenvalue weighted by atomic mass is 15.1. The van der Waals surface area contributed by atoms with E-state index in [2.05, 4.69) is 34.5 Å². The summed E-state index contributed by atoms with van der Waals surface area (Å²) in [7, 11) is 6.06. The SMILES string of the molecule is CNCc1ccc(N(C)C)cc1. The normalized spacial score (nSPS) is 9.92. The zero-order valence-electron chi connectivity index (χ0n) is 7.96. The summed E-state index contributed by atoms with van der Waals surface area (Å²) in [6, 6.07) is 8.55. The third kappa shape index (κ3) is 2.24. The van der Waals surface area contributed by atoms with Gasteiger partial charge >= 0.3 is 0 Å². The largest absolute Gasteiger partial charge is 0.378 e.